The predicted molar refractivity (Wildman–Crippen MR) is 146 cm³/mol. The van der Waals surface area contributed by atoms with E-state index in [9.17, 15) is 27.6 Å². The average molecular weight is 586 g/mol. The molecule has 0 saturated heterocycles. The first-order valence-corrected chi connectivity index (χ1v) is 14.8. The van der Waals surface area contributed by atoms with Crippen molar-refractivity contribution in [1.82, 2.24) is 24.3 Å². The molecule has 3 aliphatic rings. The molecule has 2 fully saturated rings. The number of aromatic nitrogens is 2. The van der Waals surface area contributed by atoms with Crippen LogP contribution in [0.5, 0.6) is 0 Å². The lowest BCUT2D eigenvalue weighted by Gasteiger charge is -2.41. The fraction of sp³-hybridized carbons (Fsp3) is 0.481. The minimum absolute atomic E-state index is 0.0347. The van der Waals surface area contributed by atoms with Gasteiger partial charge in [-0.1, -0.05) is 23.6 Å². The number of nitrogens with zero attached hydrogens (tertiary/aromatic N) is 3. The summed E-state index contributed by atoms with van der Waals surface area (Å²) in [6, 6.07) is 6.88. The molecular weight excluding hydrogens is 554 g/mol. The maximum absolute atomic E-state index is 13.7. The number of nitrogens with one attached hydrogen (secondary N) is 2. The van der Waals surface area contributed by atoms with Crippen LogP contribution in [0.2, 0.25) is 0 Å². The van der Waals surface area contributed by atoms with Gasteiger partial charge in [-0.2, -0.15) is 4.31 Å². The van der Waals surface area contributed by atoms with Crippen molar-refractivity contribution in [2.45, 2.75) is 74.4 Å². The molecule has 0 spiro atoms. The van der Waals surface area contributed by atoms with E-state index in [1.165, 1.54) is 12.1 Å². The van der Waals surface area contributed by atoms with Crippen molar-refractivity contribution < 1.29 is 27.5 Å². The minimum Gasteiger partial charge on any atom is -0.440 e. The van der Waals surface area contributed by atoms with E-state index < -0.39 is 58.1 Å². The Bertz CT molecular complexity index is 1580. The first kappa shape index (κ1) is 28.4. The Balaban J connectivity index is 1.56. The van der Waals surface area contributed by atoms with Crippen LogP contribution in [-0.4, -0.2) is 71.7 Å². The Morgan fingerprint density at radius 3 is 2.15 bits per heavy atom. The molecule has 1 aliphatic heterocycles. The number of terminal acetylenes is 1. The summed E-state index contributed by atoms with van der Waals surface area (Å²) in [5.41, 5.74) is -0.379. The van der Waals surface area contributed by atoms with Gasteiger partial charge in [0.15, 0.2) is 12.2 Å². The standard InChI is InChI=1S/C27H31N5O8S/c1-3-14-30(41(37,38)20-10-4-17(2)5-11-20)15-21-25(40-27(36)29-19-8-9-19)22(39-26(35)28-18-6-7-18)16-31-23(33)12-13-24(34)32(21)31/h1,4-5,10-13,18-19,21-22,25H,6-9,14-16H2,2H3,(H,28,35)(H,29,36)/t21-,22+,25-/m1/s1. The van der Waals surface area contributed by atoms with E-state index in [1.54, 1.807) is 12.1 Å². The van der Waals surface area contributed by atoms with Crippen molar-refractivity contribution in [3.05, 3.63) is 62.7 Å². The summed E-state index contributed by atoms with van der Waals surface area (Å²) in [5.74, 6) is 2.33. The molecule has 14 heteroatoms. The van der Waals surface area contributed by atoms with Crippen molar-refractivity contribution in [1.29, 1.82) is 0 Å². The number of benzene rings is 1. The molecule has 1 aromatic heterocycles. The van der Waals surface area contributed by atoms with Crippen LogP contribution in [-0.2, 0) is 26.0 Å². The summed E-state index contributed by atoms with van der Waals surface area (Å²) in [6.45, 7) is 0.667. The number of fused-ring (bicyclic) bond motifs is 1. The summed E-state index contributed by atoms with van der Waals surface area (Å²) < 4.78 is 41.9. The van der Waals surface area contributed by atoms with Crippen molar-refractivity contribution >= 4 is 22.2 Å². The Morgan fingerprint density at radius 1 is 0.976 bits per heavy atom. The highest BCUT2D eigenvalue weighted by Gasteiger charge is 2.45. The largest absolute Gasteiger partial charge is 0.440 e. The molecule has 2 heterocycles. The topological polar surface area (TPSA) is 158 Å². The Kier molecular flexibility index (Phi) is 7.92. The molecule has 2 N–H and O–H groups in total. The second-order valence-corrected chi connectivity index (χ2v) is 12.4. The van der Waals surface area contributed by atoms with Gasteiger partial charge in [0.1, 0.15) is 6.04 Å². The number of alkyl carbamates (subject to hydrolysis) is 2. The zero-order valence-corrected chi connectivity index (χ0v) is 23.2. The molecule has 41 heavy (non-hydrogen) atoms. The maximum Gasteiger partial charge on any atom is 0.407 e. The number of amides is 2. The van der Waals surface area contributed by atoms with E-state index in [-0.39, 0.29) is 30.1 Å². The second kappa shape index (κ2) is 11.4. The zero-order chi connectivity index (χ0) is 29.3. The smallest absolute Gasteiger partial charge is 0.407 e. The Morgan fingerprint density at radius 2 is 1.56 bits per heavy atom. The van der Waals surface area contributed by atoms with Crippen LogP contribution in [0.3, 0.4) is 0 Å². The summed E-state index contributed by atoms with van der Waals surface area (Å²) in [4.78, 5) is 51.5. The van der Waals surface area contributed by atoms with Crippen LogP contribution >= 0.6 is 0 Å². The van der Waals surface area contributed by atoms with E-state index in [1.807, 2.05) is 6.92 Å². The van der Waals surface area contributed by atoms with E-state index in [0.29, 0.717) is 0 Å². The van der Waals surface area contributed by atoms with Gasteiger partial charge >= 0.3 is 12.2 Å². The van der Waals surface area contributed by atoms with E-state index in [0.717, 1.165) is 57.0 Å². The summed E-state index contributed by atoms with van der Waals surface area (Å²) in [7, 11) is -4.20. The van der Waals surface area contributed by atoms with Gasteiger partial charge in [0, 0.05) is 30.8 Å². The number of ether oxygens (including phenoxy) is 2. The van der Waals surface area contributed by atoms with Crippen molar-refractivity contribution in [2.24, 2.45) is 0 Å². The number of carbonyl (C=O) groups excluding carboxylic acids is 2. The highest BCUT2D eigenvalue weighted by molar-refractivity contribution is 7.89. The van der Waals surface area contributed by atoms with E-state index in [4.69, 9.17) is 15.9 Å². The predicted octanol–water partition coefficient (Wildman–Crippen LogP) is 0.712. The molecule has 13 nitrogen and oxygen atoms in total. The third-order valence-corrected chi connectivity index (χ3v) is 8.96. The molecule has 1 aromatic carbocycles. The van der Waals surface area contributed by atoms with Gasteiger partial charge in [-0.15, -0.1) is 6.42 Å². The molecule has 2 aliphatic carbocycles. The van der Waals surface area contributed by atoms with Crippen LogP contribution in [0.4, 0.5) is 9.59 Å². The minimum atomic E-state index is -4.20. The molecule has 0 unspecified atom stereocenters. The van der Waals surface area contributed by atoms with E-state index >= 15 is 0 Å². The maximum atomic E-state index is 13.7. The second-order valence-electron chi connectivity index (χ2n) is 10.5. The van der Waals surface area contributed by atoms with Crippen LogP contribution in [0.1, 0.15) is 37.3 Å². The van der Waals surface area contributed by atoms with Crippen molar-refractivity contribution in [3.8, 4) is 12.3 Å². The van der Waals surface area contributed by atoms with Gasteiger partial charge in [-0.3, -0.25) is 9.59 Å². The Hall–Kier alpha value is -4.09. The van der Waals surface area contributed by atoms with Crippen LogP contribution in [0, 0.1) is 19.3 Å². The first-order chi connectivity index (χ1) is 19.6. The van der Waals surface area contributed by atoms with E-state index in [2.05, 4.69) is 16.6 Å². The quantitative estimate of drug-likeness (QED) is 0.408. The summed E-state index contributed by atoms with van der Waals surface area (Å²) >= 11 is 0. The fourth-order valence-corrected chi connectivity index (χ4v) is 6.06. The van der Waals surface area contributed by atoms with Gasteiger partial charge in [0.25, 0.3) is 11.1 Å². The Labute approximate surface area is 236 Å². The van der Waals surface area contributed by atoms with Crippen molar-refractivity contribution in [2.75, 3.05) is 13.1 Å². The van der Waals surface area contributed by atoms with Crippen LogP contribution in [0.25, 0.3) is 0 Å². The summed E-state index contributed by atoms with van der Waals surface area (Å²) in [5, 5.41) is 5.38. The van der Waals surface area contributed by atoms with Gasteiger partial charge in [0.2, 0.25) is 10.0 Å². The molecule has 0 bridgehead atoms. The van der Waals surface area contributed by atoms with Gasteiger partial charge in [-0.25, -0.2) is 27.4 Å². The molecule has 2 saturated carbocycles. The van der Waals surface area contributed by atoms with Crippen molar-refractivity contribution in [3.63, 3.8) is 0 Å². The lowest BCUT2D eigenvalue weighted by molar-refractivity contribution is -0.0730. The molecular formula is C27H31N5O8S. The van der Waals surface area contributed by atoms with Gasteiger partial charge in [0.05, 0.1) is 18.0 Å². The van der Waals surface area contributed by atoms with Gasteiger partial charge < -0.3 is 20.1 Å². The molecule has 2 aromatic rings. The SMILES string of the molecule is C#CCN(C[C@@H]1[C@@H](OC(=O)NC2CC2)[C@@H](OC(=O)NC2CC2)Cn2c(=O)ccc(=O)n21)S(=O)(=O)c1ccc(C)cc1. The normalized spacial score (nSPS) is 21.8. The lowest BCUT2D eigenvalue weighted by atomic mass is 10.0. The highest BCUT2D eigenvalue weighted by Crippen LogP contribution is 2.29. The molecule has 0 radical (unpaired) electrons. The van der Waals surface area contributed by atoms with Crippen LogP contribution in [0.15, 0.2) is 50.9 Å². The highest BCUT2D eigenvalue weighted by atomic mass is 32.2. The van der Waals surface area contributed by atoms with Crippen LogP contribution < -0.4 is 21.8 Å². The third kappa shape index (κ3) is 6.47. The zero-order valence-electron chi connectivity index (χ0n) is 22.4. The average Bonchev–Trinajstić information content (AvgIpc) is 3.86. The van der Waals surface area contributed by atoms with Gasteiger partial charge in [-0.05, 0) is 44.7 Å². The number of sulfonamides is 1. The number of aryl methyl sites for hydroxylation is 1. The summed E-state index contributed by atoms with van der Waals surface area (Å²) in [6.07, 6.45) is 4.53. The third-order valence-electron chi connectivity index (χ3n) is 7.14. The molecule has 3 atom stereocenters. The molecule has 5 rings (SSSR count). The number of rotatable bonds is 9. The molecule has 218 valence electrons. The lowest BCUT2D eigenvalue weighted by Crippen LogP contribution is -2.59. The number of hydrogen-bond donors (Lipinski definition) is 2. The fourth-order valence-electron chi connectivity index (χ4n) is 4.69. The number of hydrogen-bond acceptors (Lipinski definition) is 8. The first-order valence-electron chi connectivity index (χ1n) is 13.3. The number of carbonyl (C=O) groups is 2. The monoisotopic (exact) mass is 585 g/mol. The molecule has 2 amide bonds.